The second-order valence-corrected chi connectivity index (χ2v) is 8.76. The van der Waals surface area contributed by atoms with Gasteiger partial charge in [-0.2, -0.15) is 13.2 Å². The van der Waals surface area contributed by atoms with Crippen LogP contribution in [-0.4, -0.2) is 18.9 Å². The van der Waals surface area contributed by atoms with E-state index in [-0.39, 0.29) is 22.0 Å². The molecule has 1 atom stereocenters. The van der Waals surface area contributed by atoms with Crippen molar-refractivity contribution < 1.29 is 32.2 Å². The van der Waals surface area contributed by atoms with E-state index in [1.165, 1.54) is 45.4 Å². The van der Waals surface area contributed by atoms with Crippen LogP contribution < -0.4 is 9.64 Å². The summed E-state index contributed by atoms with van der Waals surface area (Å²) in [6.45, 7) is 8.64. The summed E-state index contributed by atoms with van der Waals surface area (Å²) in [4.78, 5) is 26.0. The van der Waals surface area contributed by atoms with Crippen LogP contribution in [0.5, 0.6) is 5.75 Å². The van der Waals surface area contributed by atoms with Gasteiger partial charge in [0, 0.05) is 29.1 Å². The number of hydrogen-bond acceptors (Lipinski definition) is 6. The molecule has 0 aliphatic heterocycles. The third-order valence-electron chi connectivity index (χ3n) is 5.35. The lowest BCUT2D eigenvalue weighted by atomic mass is 10.0. The summed E-state index contributed by atoms with van der Waals surface area (Å²) in [7, 11) is 1.21. The van der Waals surface area contributed by atoms with Gasteiger partial charge in [-0.15, -0.1) is 11.3 Å². The second kappa shape index (κ2) is 10.4. The minimum Gasteiger partial charge on any atom is -0.484 e. The summed E-state index contributed by atoms with van der Waals surface area (Å²) in [6, 6.07) is 11.9. The molecule has 0 N–H and O–H groups in total. The first-order valence-electron chi connectivity index (χ1n) is 10.6. The van der Waals surface area contributed by atoms with E-state index in [0.717, 1.165) is 23.0 Å². The monoisotopic (exact) mass is 503 g/mol. The van der Waals surface area contributed by atoms with Gasteiger partial charge in [-0.25, -0.2) is 4.79 Å². The fourth-order valence-electron chi connectivity index (χ4n) is 3.62. The van der Waals surface area contributed by atoms with Crippen molar-refractivity contribution in [3.63, 3.8) is 0 Å². The molecule has 0 aliphatic rings. The Morgan fingerprint density at radius 1 is 1.14 bits per heavy atom. The van der Waals surface area contributed by atoms with Gasteiger partial charge in [0.05, 0.1) is 12.7 Å². The molecular weight excluding hydrogens is 479 g/mol. The van der Waals surface area contributed by atoms with Crippen LogP contribution in [0, 0.1) is 6.92 Å². The standard InChI is InChI=1S/C26H24F3NO4S/c1-6-30(21-12-11-18(16(3)31)13-15(21)2)23-14-22(24(35-23)25(32)33-5)34-17(4)19-9-7-8-10-20(19)26(27,28)29/h6-14,17H,1H2,2-5H3/t17-/m1/s1. The maximum Gasteiger partial charge on any atom is 0.416 e. The van der Waals surface area contributed by atoms with Crippen LogP contribution in [0.4, 0.5) is 23.9 Å². The number of carbonyl (C=O) groups is 2. The van der Waals surface area contributed by atoms with Gasteiger partial charge in [0.2, 0.25) is 0 Å². The predicted octanol–water partition coefficient (Wildman–Crippen LogP) is 7.49. The Bertz CT molecular complexity index is 1270. The van der Waals surface area contributed by atoms with Crippen LogP contribution in [-0.2, 0) is 10.9 Å². The molecule has 0 fully saturated rings. The number of alkyl halides is 3. The van der Waals surface area contributed by atoms with Crippen LogP contribution >= 0.6 is 11.3 Å². The molecule has 3 rings (SSSR count). The number of Topliss-reactive ketones (excluding diaryl/α,β-unsaturated/α-hetero) is 1. The Balaban J connectivity index is 2.03. The molecule has 5 nitrogen and oxygen atoms in total. The van der Waals surface area contributed by atoms with E-state index >= 15 is 0 Å². The number of ether oxygens (including phenoxy) is 2. The van der Waals surface area contributed by atoms with Crippen molar-refractivity contribution in [3.8, 4) is 5.75 Å². The van der Waals surface area contributed by atoms with Crippen molar-refractivity contribution in [2.45, 2.75) is 33.1 Å². The molecule has 35 heavy (non-hydrogen) atoms. The average molecular weight is 504 g/mol. The van der Waals surface area contributed by atoms with Crippen LogP contribution in [0.2, 0.25) is 0 Å². The van der Waals surface area contributed by atoms with Crippen molar-refractivity contribution in [3.05, 3.63) is 88.4 Å². The molecule has 3 aromatic rings. The molecule has 1 heterocycles. The quantitative estimate of drug-likeness (QED) is 0.236. The lowest BCUT2D eigenvalue weighted by Crippen LogP contribution is -2.14. The number of methoxy groups -OCH3 is 1. The smallest absolute Gasteiger partial charge is 0.416 e. The fourth-order valence-corrected chi connectivity index (χ4v) is 4.64. The topological polar surface area (TPSA) is 55.8 Å². The first kappa shape index (κ1) is 26.0. The number of ketones is 1. The zero-order chi connectivity index (χ0) is 25.9. The highest BCUT2D eigenvalue weighted by Gasteiger charge is 2.35. The van der Waals surface area contributed by atoms with E-state index in [1.807, 2.05) is 6.92 Å². The molecule has 0 radical (unpaired) electrons. The normalized spacial score (nSPS) is 12.1. The van der Waals surface area contributed by atoms with Crippen molar-refractivity contribution >= 4 is 33.8 Å². The Labute approximate surface area is 205 Å². The predicted molar refractivity (Wildman–Crippen MR) is 130 cm³/mol. The molecule has 0 unspecified atom stereocenters. The van der Waals surface area contributed by atoms with Crippen LogP contribution in [0.1, 0.15) is 56.7 Å². The lowest BCUT2D eigenvalue weighted by Gasteiger charge is -2.21. The molecular formula is C26H24F3NO4S. The molecule has 0 saturated carbocycles. The summed E-state index contributed by atoms with van der Waals surface area (Å²) in [5, 5.41) is 0.533. The van der Waals surface area contributed by atoms with E-state index in [2.05, 4.69) is 6.58 Å². The minimum atomic E-state index is -4.55. The van der Waals surface area contributed by atoms with Gasteiger partial charge in [-0.1, -0.05) is 24.8 Å². The van der Waals surface area contributed by atoms with E-state index in [4.69, 9.17) is 9.47 Å². The largest absolute Gasteiger partial charge is 0.484 e. The molecule has 184 valence electrons. The first-order valence-corrected chi connectivity index (χ1v) is 11.4. The molecule has 0 saturated heterocycles. The number of aryl methyl sites for hydroxylation is 1. The minimum absolute atomic E-state index is 0.0557. The van der Waals surface area contributed by atoms with E-state index < -0.39 is 23.8 Å². The number of hydrogen-bond donors (Lipinski definition) is 0. The van der Waals surface area contributed by atoms with Gasteiger partial charge in [0.25, 0.3) is 0 Å². The zero-order valence-electron chi connectivity index (χ0n) is 19.6. The number of esters is 1. The maximum atomic E-state index is 13.5. The van der Waals surface area contributed by atoms with Gasteiger partial charge >= 0.3 is 12.1 Å². The van der Waals surface area contributed by atoms with Crippen molar-refractivity contribution in [2.75, 3.05) is 12.0 Å². The molecule has 0 spiro atoms. The first-order chi connectivity index (χ1) is 16.5. The van der Waals surface area contributed by atoms with E-state index in [0.29, 0.717) is 16.3 Å². The lowest BCUT2D eigenvalue weighted by molar-refractivity contribution is -0.139. The van der Waals surface area contributed by atoms with Crippen LogP contribution in [0.15, 0.2) is 61.3 Å². The molecule has 1 aromatic heterocycles. The number of thiophene rings is 1. The van der Waals surface area contributed by atoms with Crippen molar-refractivity contribution in [1.82, 2.24) is 0 Å². The maximum absolute atomic E-state index is 13.5. The van der Waals surface area contributed by atoms with Gasteiger partial charge < -0.3 is 14.4 Å². The van der Waals surface area contributed by atoms with Crippen molar-refractivity contribution in [2.24, 2.45) is 0 Å². The summed E-state index contributed by atoms with van der Waals surface area (Å²) < 4.78 is 51.3. The Morgan fingerprint density at radius 2 is 1.83 bits per heavy atom. The summed E-state index contributed by atoms with van der Waals surface area (Å²) in [6.07, 6.45) is -4.02. The third kappa shape index (κ3) is 5.57. The van der Waals surface area contributed by atoms with Gasteiger partial charge in [-0.3, -0.25) is 4.79 Å². The third-order valence-corrected chi connectivity index (χ3v) is 6.44. The molecule has 0 amide bonds. The highest BCUT2D eigenvalue weighted by atomic mass is 32.1. The Hall–Kier alpha value is -3.59. The molecule has 9 heteroatoms. The number of benzene rings is 2. The van der Waals surface area contributed by atoms with Crippen LogP contribution in [0.25, 0.3) is 0 Å². The molecule has 0 bridgehead atoms. The zero-order valence-corrected chi connectivity index (χ0v) is 20.4. The number of halogens is 3. The molecule has 2 aromatic carbocycles. The van der Waals surface area contributed by atoms with E-state index in [9.17, 15) is 22.8 Å². The SMILES string of the molecule is C=CN(c1cc(O[C@H](C)c2ccccc2C(F)(F)F)c(C(=O)OC)s1)c1ccc(C(C)=O)cc1C. The van der Waals surface area contributed by atoms with Gasteiger partial charge in [-0.05, 0) is 50.6 Å². The fraction of sp³-hybridized carbons (Fsp3) is 0.231. The number of carbonyl (C=O) groups excluding carboxylic acids is 2. The molecule has 0 aliphatic carbocycles. The van der Waals surface area contributed by atoms with Crippen molar-refractivity contribution in [1.29, 1.82) is 0 Å². The second-order valence-electron chi connectivity index (χ2n) is 7.72. The summed E-state index contributed by atoms with van der Waals surface area (Å²) in [5.41, 5.74) is 1.19. The number of rotatable bonds is 8. The number of nitrogens with zero attached hydrogens (tertiary/aromatic N) is 1. The van der Waals surface area contributed by atoms with E-state index in [1.54, 1.807) is 29.2 Å². The van der Waals surface area contributed by atoms with Crippen LogP contribution in [0.3, 0.4) is 0 Å². The average Bonchev–Trinajstić information content (AvgIpc) is 3.22. The summed E-state index contributed by atoms with van der Waals surface area (Å²) >= 11 is 1.05. The van der Waals surface area contributed by atoms with Gasteiger partial charge in [0.15, 0.2) is 10.7 Å². The van der Waals surface area contributed by atoms with Gasteiger partial charge in [0.1, 0.15) is 16.9 Å². The summed E-state index contributed by atoms with van der Waals surface area (Å²) in [5.74, 6) is -0.663. The highest BCUT2D eigenvalue weighted by molar-refractivity contribution is 7.18. The Morgan fingerprint density at radius 3 is 2.40 bits per heavy atom. The Kier molecular flexibility index (Phi) is 7.70. The highest BCUT2D eigenvalue weighted by Crippen LogP contribution is 2.43. The number of anilines is 2.